The van der Waals surface area contributed by atoms with Gasteiger partial charge in [-0.2, -0.15) is 0 Å². The van der Waals surface area contributed by atoms with Crippen molar-refractivity contribution >= 4 is 97.0 Å². The summed E-state index contributed by atoms with van der Waals surface area (Å²) in [5.74, 6) is 0. The maximum Gasteiger partial charge on any atom is -0.000697 e. The van der Waals surface area contributed by atoms with Gasteiger partial charge in [-0.25, -0.2) is 0 Å². The van der Waals surface area contributed by atoms with Gasteiger partial charge in [0.05, 0.1) is 0 Å². The fourth-order valence-electron chi connectivity index (χ4n) is 11.4. The van der Waals surface area contributed by atoms with Crippen LogP contribution in [0.25, 0.3) is 141 Å². The summed E-state index contributed by atoms with van der Waals surface area (Å²) in [5.41, 5.74) is 10.0. The Kier molecular flexibility index (Phi) is 6.92. The van der Waals surface area contributed by atoms with Crippen LogP contribution in [0.2, 0.25) is 0 Å². The van der Waals surface area contributed by atoms with Crippen molar-refractivity contribution in [1.29, 1.82) is 0 Å². The van der Waals surface area contributed by atoms with Crippen molar-refractivity contribution in [1.82, 2.24) is 0 Å². The molecule has 0 unspecified atom stereocenters. The smallest absolute Gasteiger partial charge is 0.000697 e. The van der Waals surface area contributed by atoms with E-state index in [1.165, 1.54) is 141 Å². The summed E-state index contributed by atoms with van der Waals surface area (Å²) in [5, 5.41) is 23.5. The Bertz CT molecular complexity index is 4110. The Labute approximate surface area is 358 Å². The lowest BCUT2D eigenvalue weighted by Crippen LogP contribution is -1.93. The number of hydrogen-bond acceptors (Lipinski definition) is 0. The number of rotatable bonds is 4. The molecule has 0 aromatic heterocycles. The third-order valence-electron chi connectivity index (χ3n) is 13.9. The lowest BCUT2D eigenvalue weighted by Gasteiger charge is -2.20. The Morgan fingerprint density at radius 3 is 1.50 bits per heavy atom. The molecule has 14 aromatic rings. The first-order chi connectivity index (χ1) is 30.8. The quantitative estimate of drug-likeness (QED) is 0.156. The minimum Gasteiger partial charge on any atom is -0.0622 e. The van der Waals surface area contributed by atoms with Crippen molar-refractivity contribution in [3.8, 4) is 44.5 Å². The van der Waals surface area contributed by atoms with Crippen molar-refractivity contribution in [3.05, 3.63) is 218 Å². The van der Waals surface area contributed by atoms with E-state index in [1.54, 1.807) is 0 Å². The van der Waals surface area contributed by atoms with E-state index in [-0.39, 0.29) is 0 Å². The topological polar surface area (TPSA) is 0 Å². The van der Waals surface area contributed by atoms with Gasteiger partial charge in [0.1, 0.15) is 0 Å². The fourth-order valence-corrected chi connectivity index (χ4v) is 11.4. The van der Waals surface area contributed by atoms with Gasteiger partial charge in [-0.1, -0.05) is 200 Å². The third kappa shape index (κ3) is 4.56. The molecule has 0 spiro atoms. The van der Waals surface area contributed by atoms with Crippen molar-refractivity contribution in [2.45, 2.75) is 0 Å². The molecule has 0 amide bonds. The van der Waals surface area contributed by atoms with E-state index >= 15 is 0 Å². The van der Waals surface area contributed by atoms with Gasteiger partial charge in [-0.05, 0) is 160 Å². The van der Waals surface area contributed by atoms with Crippen LogP contribution in [0.3, 0.4) is 0 Å². The van der Waals surface area contributed by atoms with E-state index in [2.05, 4.69) is 218 Å². The Morgan fingerprint density at radius 2 is 0.710 bits per heavy atom. The summed E-state index contributed by atoms with van der Waals surface area (Å²) in [6.45, 7) is 0. The average Bonchev–Trinajstić information content (AvgIpc) is 3.84. The van der Waals surface area contributed by atoms with Crippen molar-refractivity contribution < 1.29 is 0 Å². The van der Waals surface area contributed by atoms with E-state index in [1.807, 2.05) is 0 Å². The van der Waals surface area contributed by atoms with Gasteiger partial charge in [-0.15, -0.1) is 0 Å². The predicted molar refractivity (Wildman–Crippen MR) is 268 cm³/mol. The van der Waals surface area contributed by atoms with E-state index in [9.17, 15) is 0 Å². The number of hydrogen-bond donors (Lipinski definition) is 0. The zero-order valence-corrected chi connectivity index (χ0v) is 33.8. The predicted octanol–water partition coefficient (Wildman–Crippen LogP) is 17.6. The second kappa shape index (κ2) is 12.7. The van der Waals surface area contributed by atoms with Gasteiger partial charge < -0.3 is 0 Å². The summed E-state index contributed by atoms with van der Waals surface area (Å²) < 4.78 is 0. The lowest BCUT2D eigenvalue weighted by molar-refractivity contribution is 1.61. The summed E-state index contributed by atoms with van der Waals surface area (Å²) in [7, 11) is 0. The van der Waals surface area contributed by atoms with Crippen LogP contribution in [0.15, 0.2) is 218 Å². The zero-order chi connectivity index (χ0) is 40.5. The molecule has 284 valence electrons. The van der Waals surface area contributed by atoms with Crippen LogP contribution in [0.1, 0.15) is 0 Å². The van der Waals surface area contributed by atoms with Gasteiger partial charge >= 0.3 is 0 Å². The second-order valence-electron chi connectivity index (χ2n) is 17.0. The standard InChI is InChI=1S/C62H36/c1-3-16-37(17-4-1)43-23-9-12-26-47(43)59-55-36-53-46-25-11-10-24-45(46)48-28-14-30-50(57(48)53)60(55)56(39-19-5-2-6-20-39)62-54-35-41-33-32-40(44-27-13-21-38-18-7-8-22-42(38)44)34-52(41)49-29-15-31-51(58(49)54)61(59)62/h1-36H. The highest BCUT2D eigenvalue weighted by Gasteiger charge is 2.28. The van der Waals surface area contributed by atoms with Crippen LogP contribution < -0.4 is 0 Å². The fraction of sp³-hybridized carbons (Fsp3) is 0. The van der Waals surface area contributed by atoms with Crippen LogP contribution in [0.5, 0.6) is 0 Å². The van der Waals surface area contributed by atoms with E-state index in [0.717, 1.165) is 0 Å². The molecule has 0 atom stereocenters. The summed E-state index contributed by atoms with van der Waals surface area (Å²) >= 11 is 0. The molecular weight excluding hydrogens is 745 g/mol. The molecule has 0 N–H and O–H groups in total. The molecule has 0 radical (unpaired) electrons. The first kappa shape index (κ1) is 33.7. The first-order valence-electron chi connectivity index (χ1n) is 21.7. The van der Waals surface area contributed by atoms with Crippen LogP contribution in [0, 0.1) is 0 Å². The van der Waals surface area contributed by atoms with Crippen molar-refractivity contribution in [3.63, 3.8) is 0 Å². The molecule has 0 nitrogen and oxygen atoms in total. The van der Waals surface area contributed by atoms with Crippen LogP contribution in [-0.4, -0.2) is 0 Å². The van der Waals surface area contributed by atoms with Gasteiger partial charge in [0.25, 0.3) is 0 Å². The molecule has 62 heavy (non-hydrogen) atoms. The minimum atomic E-state index is 1.22. The van der Waals surface area contributed by atoms with E-state index in [0.29, 0.717) is 0 Å². The highest BCUT2D eigenvalue weighted by atomic mass is 14.3. The zero-order valence-electron chi connectivity index (χ0n) is 33.8. The van der Waals surface area contributed by atoms with Crippen molar-refractivity contribution in [2.24, 2.45) is 0 Å². The summed E-state index contributed by atoms with van der Waals surface area (Å²) in [4.78, 5) is 0. The molecule has 0 aliphatic carbocycles. The first-order valence-corrected chi connectivity index (χ1v) is 21.7. The minimum absolute atomic E-state index is 1.22. The normalized spacial score (nSPS) is 12.2. The van der Waals surface area contributed by atoms with E-state index < -0.39 is 0 Å². The Morgan fingerprint density at radius 1 is 0.177 bits per heavy atom. The van der Waals surface area contributed by atoms with Crippen LogP contribution in [0.4, 0.5) is 0 Å². The molecule has 0 bridgehead atoms. The van der Waals surface area contributed by atoms with Crippen LogP contribution >= 0.6 is 0 Å². The highest BCUT2D eigenvalue weighted by molar-refractivity contribution is 6.46. The van der Waals surface area contributed by atoms with Crippen LogP contribution in [-0.2, 0) is 0 Å². The summed E-state index contributed by atoms with van der Waals surface area (Å²) in [6.07, 6.45) is 0. The number of fused-ring (bicyclic) bond motifs is 11. The Hall–Kier alpha value is -8.06. The maximum atomic E-state index is 2.55. The Balaban J connectivity index is 1.24. The molecule has 0 aliphatic heterocycles. The lowest BCUT2D eigenvalue weighted by atomic mass is 9.82. The molecule has 0 heterocycles. The van der Waals surface area contributed by atoms with Gasteiger partial charge in [0, 0.05) is 0 Å². The molecule has 0 saturated heterocycles. The number of benzene rings is 12. The SMILES string of the molecule is c1ccc(-c2ccccc2-c2c3cc4c5ccccc5c5cccc(c3c(-c3ccccc3)c3c6cc7ccc(-c8cccc9ccccc89)cc7c7cccc(c23)c76)c54)cc1. The second-order valence-corrected chi connectivity index (χ2v) is 17.0. The highest BCUT2D eigenvalue weighted by Crippen LogP contribution is 2.56. The largest absolute Gasteiger partial charge is 0.0622 e. The van der Waals surface area contributed by atoms with Gasteiger partial charge in [-0.3, -0.25) is 0 Å². The molecule has 0 aliphatic rings. The van der Waals surface area contributed by atoms with Gasteiger partial charge in [0.2, 0.25) is 0 Å². The molecule has 14 aromatic carbocycles. The molecular formula is C62H36. The van der Waals surface area contributed by atoms with Gasteiger partial charge in [0.15, 0.2) is 0 Å². The average molecular weight is 781 g/mol. The molecule has 0 fully saturated rings. The molecule has 14 rings (SSSR count). The van der Waals surface area contributed by atoms with E-state index in [4.69, 9.17) is 0 Å². The summed E-state index contributed by atoms with van der Waals surface area (Å²) in [6, 6.07) is 81.8. The third-order valence-corrected chi connectivity index (χ3v) is 13.9. The monoisotopic (exact) mass is 780 g/mol. The molecule has 0 saturated carbocycles. The molecule has 0 heteroatoms. The maximum absolute atomic E-state index is 2.55. The van der Waals surface area contributed by atoms with Crippen molar-refractivity contribution in [2.75, 3.05) is 0 Å².